The molecule has 2 rings (SSSR count). The molecular formula is C16H21N3O2. The summed E-state index contributed by atoms with van der Waals surface area (Å²) < 4.78 is 0. The Labute approximate surface area is 124 Å². The van der Waals surface area contributed by atoms with Crippen LogP contribution in [0.15, 0.2) is 42.5 Å². The van der Waals surface area contributed by atoms with E-state index in [2.05, 4.69) is 5.32 Å². The third-order valence-corrected chi connectivity index (χ3v) is 3.62. The maximum Gasteiger partial charge on any atom is 0.245 e. The fraction of sp³-hybridized carbons (Fsp3) is 0.375. The molecule has 5 nitrogen and oxygen atoms in total. The van der Waals surface area contributed by atoms with Crippen LogP contribution < -0.4 is 11.1 Å². The molecule has 1 aliphatic rings. The summed E-state index contributed by atoms with van der Waals surface area (Å²) in [7, 11) is 1.75. The number of carbonyl (C=O) groups excluding carboxylic acids is 2. The van der Waals surface area contributed by atoms with Gasteiger partial charge in [0.05, 0.1) is 12.1 Å². The Bertz CT molecular complexity index is 540. The first-order chi connectivity index (χ1) is 10.0. The second-order valence-electron chi connectivity index (χ2n) is 5.32. The zero-order valence-corrected chi connectivity index (χ0v) is 12.3. The molecule has 0 radical (unpaired) electrons. The van der Waals surface area contributed by atoms with Gasteiger partial charge in [0, 0.05) is 7.05 Å². The van der Waals surface area contributed by atoms with E-state index in [1.54, 1.807) is 18.9 Å². The second-order valence-corrected chi connectivity index (χ2v) is 5.32. The minimum Gasteiger partial charge on any atom is -0.343 e. The van der Waals surface area contributed by atoms with Gasteiger partial charge in [0.1, 0.15) is 6.04 Å². The average molecular weight is 287 g/mol. The maximum absolute atomic E-state index is 12.5. The van der Waals surface area contributed by atoms with Crippen molar-refractivity contribution in [3.05, 3.63) is 48.0 Å². The molecule has 112 valence electrons. The second kappa shape index (κ2) is 6.54. The molecule has 0 unspecified atom stereocenters. The summed E-state index contributed by atoms with van der Waals surface area (Å²) in [5, 5.41) is 2.70. The van der Waals surface area contributed by atoms with Gasteiger partial charge >= 0.3 is 0 Å². The lowest BCUT2D eigenvalue weighted by Gasteiger charge is -2.28. The SMILES string of the molecule is C[C@H](N)C(=O)N[C@H]1CC=C[C@@H](c2ccccc2)N(C)C1=O. The van der Waals surface area contributed by atoms with E-state index in [1.165, 1.54) is 0 Å². The van der Waals surface area contributed by atoms with Gasteiger partial charge < -0.3 is 16.0 Å². The van der Waals surface area contributed by atoms with Crippen molar-refractivity contribution in [2.75, 3.05) is 7.05 Å². The highest BCUT2D eigenvalue weighted by atomic mass is 16.2. The van der Waals surface area contributed by atoms with Crippen LogP contribution in [0.1, 0.15) is 24.9 Å². The standard InChI is InChI=1S/C16H21N3O2/c1-11(17)15(20)18-13-9-6-10-14(19(2)16(13)21)12-7-4-3-5-8-12/h3-8,10-11,13-14H,9,17H2,1-2H3,(H,18,20)/t11-,13-,14-/m0/s1. The predicted octanol–water partition coefficient (Wildman–Crippen LogP) is 0.978. The molecule has 0 saturated heterocycles. The van der Waals surface area contributed by atoms with Crippen molar-refractivity contribution in [2.24, 2.45) is 5.73 Å². The molecule has 1 aromatic rings. The Morgan fingerprint density at radius 2 is 2.05 bits per heavy atom. The van der Waals surface area contributed by atoms with Crippen LogP contribution in [-0.4, -0.2) is 35.8 Å². The van der Waals surface area contributed by atoms with Crippen molar-refractivity contribution in [1.29, 1.82) is 0 Å². The van der Waals surface area contributed by atoms with Crippen molar-refractivity contribution in [1.82, 2.24) is 10.2 Å². The van der Waals surface area contributed by atoms with Crippen molar-refractivity contribution in [3.63, 3.8) is 0 Å². The molecule has 1 aliphatic heterocycles. The molecule has 1 heterocycles. The Hall–Kier alpha value is -2.14. The quantitative estimate of drug-likeness (QED) is 0.814. The van der Waals surface area contributed by atoms with Crippen molar-refractivity contribution in [3.8, 4) is 0 Å². The van der Waals surface area contributed by atoms with Crippen LogP contribution >= 0.6 is 0 Å². The first-order valence-electron chi connectivity index (χ1n) is 7.05. The third kappa shape index (κ3) is 3.49. The summed E-state index contributed by atoms with van der Waals surface area (Å²) in [6, 6.07) is 8.51. The van der Waals surface area contributed by atoms with Gasteiger partial charge in [0.25, 0.3) is 0 Å². The van der Waals surface area contributed by atoms with Crippen LogP contribution in [0.3, 0.4) is 0 Å². The minimum atomic E-state index is -0.625. The molecule has 0 fully saturated rings. The van der Waals surface area contributed by atoms with E-state index in [1.807, 2.05) is 42.5 Å². The molecule has 0 bridgehead atoms. The van der Waals surface area contributed by atoms with Gasteiger partial charge in [0.2, 0.25) is 11.8 Å². The number of hydrogen-bond donors (Lipinski definition) is 2. The van der Waals surface area contributed by atoms with Crippen LogP contribution in [0.5, 0.6) is 0 Å². The van der Waals surface area contributed by atoms with Crippen LogP contribution in [-0.2, 0) is 9.59 Å². The number of nitrogens with one attached hydrogen (secondary N) is 1. The van der Waals surface area contributed by atoms with Crippen molar-refractivity contribution in [2.45, 2.75) is 31.5 Å². The monoisotopic (exact) mass is 287 g/mol. The van der Waals surface area contributed by atoms with Crippen LogP contribution in [0, 0.1) is 0 Å². The number of amides is 2. The zero-order chi connectivity index (χ0) is 15.4. The number of nitrogens with zero attached hydrogens (tertiary/aromatic N) is 1. The molecular weight excluding hydrogens is 266 g/mol. The predicted molar refractivity (Wildman–Crippen MR) is 81.3 cm³/mol. The summed E-state index contributed by atoms with van der Waals surface area (Å²) >= 11 is 0. The van der Waals surface area contributed by atoms with Crippen LogP contribution in [0.2, 0.25) is 0 Å². The lowest BCUT2D eigenvalue weighted by molar-refractivity contribution is -0.136. The summed E-state index contributed by atoms with van der Waals surface area (Å²) in [5.74, 6) is -0.420. The fourth-order valence-electron chi connectivity index (χ4n) is 2.37. The lowest BCUT2D eigenvalue weighted by atomic mass is 10.1. The zero-order valence-electron chi connectivity index (χ0n) is 12.3. The van der Waals surface area contributed by atoms with E-state index in [9.17, 15) is 9.59 Å². The Kier molecular flexibility index (Phi) is 4.75. The lowest BCUT2D eigenvalue weighted by Crippen LogP contribution is -2.50. The minimum absolute atomic E-state index is 0.108. The van der Waals surface area contributed by atoms with Gasteiger partial charge in [-0.3, -0.25) is 9.59 Å². The molecule has 0 aromatic heterocycles. The maximum atomic E-state index is 12.5. The van der Waals surface area contributed by atoms with E-state index in [0.29, 0.717) is 6.42 Å². The summed E-state index contributed by atoms with van der Waals surface area (Å²) in [6.07, 6.45) is 4.40. The first-order valence-corrected chi connectivity index (χ1v) is 7.05. The van der Waals surface area contributed by atoms with E-state index >= 15 is 0 Å². The number of benzene rings is 1. The van der Waals surface area contributed by atoms with E-state index in [4.69, 9.17) is 5.73 Å². The Morgan fingerprint density at radius 1 is 1.38 bits per heavy atom. The molecule has 21 heavy (non-hydrogen) atoms. The van der Waals surface area contributed by atoms with Gasteiger partial charge in [-0.25, -0.2) is 0 Å². The average Bonchev–Trinajstić information content (AvgIpc) is 2.61. The van der Waals surface area contributed by atoms with Crippen molar-refractivity contribution < 1.29 is 9.59 Å². The molecule has 1 aromatic carbocycles. The van der Waals surface area contributed by atoms with E-state index < -0.39 is 12.1 Å². The van der Waals surface area contributed by atoms with Crippen molar-refractivity contribution >= 4 is 11.8 Å². The number of likely N-dealkylation sites (N-methyl/N-ethyl adjacent to an activating group) is 1. The molecule has 2 amide bonds. The molecule has 0 aliphatic carbocycles. The highest BCUT2D eigenvalue weighted by molar-refractivity contribution is 5.90. The van der Waals surface area contributed by atoms with E-state index in [-0.39, 0.29) is 17.9 Å². The smallest absolute Gasteiger partial charge is 0.245 e. The van der Waals surface area contributed by atoms with Gasteiger partial charge in [-0.15, -0.1) is 0 Å². The number of rotatable bonds is 3. The number of carbonyl (C=O) groups is 2. The summed E-state index contributed by atoms with van der Waals surface area (Å²) in [4.78, 5) is 25.9. The summed E-state index contributed by atoms with van der Waals surface area (Å²) in [5.41, 5.74) is 6.58. The Balaban J connectivity index is 2.16. The number of hydrogen-bond acceptors (Lipinski definition) is 3. The van der Waals surface area contributed by atoms with Gasteiger partial charge in [-0.05, 0) is 18.9 Å². The normalized spacial score (nSPS) is 23.6. The fourth-order valence-corrected chi connectivity index (χ4v) is 2.37. The molecule has 5 heteroatoms. The first kappa shape index (κ1) is 15.3. The van der Waals surface area contributed by atoms with Crippen LogP contribution in [0.4, 0.5) is 0 Å². The van der Waals surface area contributed by atoms with Gasteiger partial charge in [-0.1, -0.05) is 42.5 Å². The highest BCUT2D eigenvalue weighted by Gasteiger charge is 2.30. The molecule has 3 N–H and O–H groups in total. The van der Waals surface area contributed by atoms with Crippen LogP contribution in [0.25, 0.3) is 0 Å². The van der Waals surface area contributed by atoms with Gasteiger partial charge in [-0.2, -0.15) is 0 Å². The topological polar surface area (TPSA) is 75.4 Å². The summed E-state index contributed by atoms with van der Waals surface area (Å²) in [6.45, 7) is 1.60. The number of nitrogens with two attached hydrogens (primary N) is 1. The molecule has 0 saturated carbocycles. The molecule has 3 atom stereocenters. The third-order valence-electron chi connectivity index (χ3n) is 3.62. The largest absolute Gasteiger partial charge is 0.343 e. The highest BCUT2D eigenvalue weighted by Crippen LogP contribution is 2.24. The van der Waals surface area contributed by atoms with Gasteiger partial charge in [0.15, 0.2) is 0 Å². The van der Waals surface area contributed by atoms with E-state index in [0.717, 1.165) is 5.56 Å². The molecule has 0 spiro atoms. The Morgan fingerprint density at radius 3 is 2.67 bits per heavy atom.